The fraction of sp³-hybridized carbons (Fsp3) is 0.500. The van der Waals surface area contributed by atoms with Crippen molar-refractivity contribution in [2.45, 2.75) is 26.4 Å². The topological polar surface area (TPSA) is 72.9 Å². The second-order valence-electron chi connectivity index (χ2n) is 3.19. The zero-order valence-electron chi connectivity index (χ0n) is 7.82. The number of rotatable bonds is 3. The van der Waals surface area contributed by atoms with E-state index >= 15 is 0 Å². The first-order valence-corrected chi connectivity index (χ1v) is 4.14. The fourth-order valence-electron chi connectivity index (χ4n) is 0.997. The summed E-state index contributed by atoms with van der Waals surface area (Å²) in [5.74, 6) is 0.393. The van der Waals surface area contributed by atoms with Gasteiger partial charge in [-0.05, 0) is 13.8 Å². The molecule has 0 aromatic carbocycles. The van der Waals surface area contributed by atoms with Crippen LogP contribution < -0.4 is 11.1 Å². The molecule has 0 atom stereocenters. The SMILES string of the molecule is CC(C)NC(=O)Cn1cnc(N)c1. The summed E-state index contributed by atoms with van der Waals surface area (Å²) in [4.78, 5) is 15.0. The third-order valence-corrected chi connectivity index (χ3v) is 1.43. The summed E-state index contributed by atoms with van der Waals surface area (Å²) in [6.07, 6.45) is 3.16. The van der Waals surface area contributed by atoms with E-state index in [0.717, 1.165) is 0 Å². The van der Waals surface area contributed by atoms with Crippen molar-refractivity contribution < 1.29 is 4.79 Å². The van der Waals surface area contributed by atoms with Gasteiger partial charge in [0, 0.05) is 12.2 Å². The van der Waals surface area contributed by atoms with E-state index in [9.17, 15) is 4.79 Å². The molecule has 1 amide bonds. The van der Waals surface area contributed by atoms with Gasteiger partial charge in [0.15, 0.2) is 0 Å². The summed E-state index contributed by atoms with van der Waals surface area (Å²) < 4.78 is 1.65. The first-order valence-electron chi connectivity index (χ1n) is 4.14. The number of aromatic nitrogens is 2. The molecule has 0 aliphatic carbocycles. The van der Waals surface area contributed by atoms with Gasteiger partial charge >= 0.3 is 0 Å². The van der Waals surface area contributed by atoms with E-state index in [4.69, 9.17) is 5.73 Å². The number of carbonyl (C=O) groups is 1. The van der Waals surface area contributed by atoms with Gasteiger partial charge in [-0.1, -0.05) is 0 Å². The molecule has 0 aliphatic rings. The summed E-state index contributed by atoms with van der Waals surface area (Å²) in [5, 5.41) is 2.77. The smallest absolute Gasteiger partial charge is 0.240 e. The number of hydrogen-bond acceptors (Lipinski definition) is 3. The van der Waals surface area contributed by atoms with Crippen LogP contribution >= 0.6 is 0 Å². The Labute approximate surface area is 76.9 Å². The largest absolute Gasteiger partial charge is 0.382 e. The van der Waals surface area contributed by atoms with E-state index in [-0.39, 0.29) is 18.5 Å². The van der Waals surface area contributed by atoms with Crippen molar-refractivity contribution in [3.05, 3.63) is 12.5 Å². The fourth-order valence-corrected chi connectivity index (χ4v) is 0.997. The zero-order chi connectivity index (χ0) is 9.84. The van der Waals surface area contributed by atoms with Crippen LogP contribution in [0.3, 0.4) is 0 Å². The Kier molecular flexibility index (Phi) is 2.89. The Bertz CT molecular complexity index is 292. The maximum Gasteiger partial charge on any atom is 0.240 e. The molecule has 1 rings (SSSR count). The predicted octanol–water partition coefficient (Wildman–Crippen LogP) is -0.0101. The number of amides is 1. The van der Waals surface area contributed by atoms with Crippen LogP contribution in [0.4, 0.5) is 5.82 Å². The average molecular weight is 182 g/mol. The molecule has 0 bridgehead atoms. The highest BCUT2D eigenvalue weighted by molar-refractivity contribution is 5.76. The van der Waals surface area contributed by atoms with Crippen molar-refractivity contribution in [1.29, 1.82) is 0 Å². The molecule has 1 heterocycles. The Morgan fingerprint density at radius 1 is 1.77 bits per heavy atom. The normalized spacial score (nSPS) is 10.4. The predicted molar refractivity (Wildman–Crippen MR) is 49.9 cm³/mol. The average Bonchev–Trinajstić information content (AvgIpc) is 2.33. The van der Waals surface area contributed by atoms with Gasteiger partial charge in [-0.25, -0.2) is 4.98 Å². The Morgan fingerprint density at radius 3 is 2.92 bits per heavy atom. The van der Waals surface area contributed by atoms with E-state index in [2.05, 4.69) is 10.3 Å². The lowest BCUT2D eigenvalue weighted by Crippen LogP contribution is -2.32. The van der Waals surface area contributed by atoms with Crippen LogP contribution in [0.2, 0.25) is 0 Å². The second kappa shape index (κ2) is 3.93. The minimum Gasteiger partial charge on any atom is -0.382 e. The molecule has 0 aliphatic heterocycles. The van der Waals surface area contributed by atoms with Crippen LogP contribution in [0, 0.1) is 0 Å². The summed E-state index contributed by atoms with van der Waals surface area (Å²) in [6, 6.07) is 0.161. The molecular formula is C8H14N4O. The second-order valence-corrected chi connectivity index (χ2v) is 3.19. The van der Waals surface area contributed by atoms with Gasteiger partial charge < -0.3 is 15.6 Å². The quantitative estimate of drug-likeness (QED) is 0.690. The van der Waals surface area contributed by atoms with Gasteiger partial charge in [-0.15, -0.1) is 0 Å². The highest BCUT2D eigenvalue weighted by Gasteiger charge is 2.03. The molecule has 72 valence electrons. The number of carbonyl (C=O) groups excluding carboxylic acids is 1. The lowest BCUT2D eigenvalue weighted by atomic mass is 10.4. The van der Waals surface area contributed by atoms with Crippen LogP contribution in [0.1, 0.15) is 13.8 Å². The van der Waals surface area contributed by atoms with Crippen LogP contribution in [-0.2, 0) is 11.3 Å². The van der Waals surface area contributed by atoms with Crippen LogP contribution in [0.15, 0.2) is 12.5 Å². The third kappa shape index (κ3) is 3.14. The molecule has 0 fully saturated rings. The van der Waals surface area contributed by atoms with Gasteiger partial charge in [0.2, 0.25) is 5.91 Å². The van der Waals surface area contributed by atoms with Crippen LogP contribution in [0.25, 0.3) is 0 Å². The van der Waals surface area contributed by atoms with Crippen molar-refractivity contribution in [3.8, 4) is 0 Å². The zero-order valence-corrected chi connectivity index (χ0v) is 7.82. The lowest BCUT2D eigenvalue weighted by molar-refractivity contribution is -0.122. The molecule has 13 heavy (non-hydrogen) atoms. The van der Waals surface area contributed by atoms with E-state index in [1.54, 1.807) is 10.8 Å². The Hall–Kier alpha value is -1.52. The minimum atomic E-state index is -0.0348. The van der Waals surface area contributed by atoms with Gasteiger partial charge in [0.05, 0.1) is 6.33 Å². The minimum absolute atomic E-state index is 0.0348. The molecule has 0 saturated carbocycles. The molecule has 5 nitrogen and oxygen atoms in total. The number of nitrogens with two attached hydrogens (primary N) is 1. The summed E-state index contributed by atoms with van der Waals surface area (Å²) >= 11 is 0. The van der Waals surface area contributed by atoms with Crippen LogP contribution in [0.5, 0.6) is 0 Å². The maximum absolute atomic E-state index is 11.2. The number of nitrogen functional groups attached to an aromatic ring is 1. The molecule has 0 radical (unpaired) electrons. The van der Waals surface area contributed by atoms with Crippen molar-refractivity contribution in [3.63, 3.8) is 0 Å². The van der Waals surface area contributed by atoms with E-state index in [1.165, 1.54) is 6.33 Å². The van der Waals surface area contributed by atoms with Gasteiger partial charge in [0.25, 0.3) is 0 Å². The summed E-state index contributed by atoms with van der Waals surface area (Å²) in [5.41, 5.74) is 5.39. The molecule has 5 heteroatoms. The molecule has 0 unspecified atom stereocenters. The molecule has 0 saturated heterocycles. The van der Waals surface area contributed by atoms with Crippen molar-refractivity contribution in [2.75, 3.05) is 5.73 Å². The van der Waals surface area contributed by atoms with Crippen molar-refractivity contribution in [2.24, 2.45) is 0 Å². The number of imidazole rings is 1. The highest BCUT2D eigenvalue weighted by Crippen LogP contribution is 1.95. The Morgan fingerprint density at radius 2 is 2.46 bits per heavy atom. The van der Waals surface area contributed by atoms with Gasteiger partial charge in [-0.3, -0.25) is 4.79 Å². The highest BCUT2D eigenvalue weighted by atomic mass is 16.2. The molecule has 3 N–H and O–H groups in total. The molecule has 0 spiro atoms. The Balaban J connectivity index is 2.45. The van der Waals surface area contributed by atoms with Gasteiger partial charge in [0.1, 0.15) is 12.4 Å². The monoisotopic (exact) mass is 182 g/mol. The standard InChI is InChI=1S/C8H14N4O/c1-6(2)11-8(13)4-12-3-7(9)10-5-12/h3,5-6H,4,9H2,1-2H3,(H,11,13). The number of nitrogens with zero attached hydrogens (tertiary/aromatic N) is 2. The molecular weight excluding hydrogens is 168 g/mol. The lowest BCUT2D eigenvalue weighted by Gasteiger charge is -2.07. The maximum atomic E-state index is 11.2. The molecule has 1 aromatic rings. The number of hydrogen-bond donors (Lipinski definition) is 2. The van der Waals surface area contributed by atoms with Crippen LogP contribution in [-0.4, -0.2) is 21.5 Å². The van der Waals surface area contributed by atoms with Crippen molar-refractivity contribution >= 4 is 11.7 Å². The summed E-state index contributed by atoms with van der Waals surface area (Å²) in [7, 11) is 0. The first kappa shape index (κ1) is 9.57. The van der Waals surface area contributed by atoms with E-state index in [1.807, 2.05) is 13.8 Å². The summed E-state index contributed by atoms with van der Waals surface area (Å²) in [6.45, 7) is 4.10. The molecule has 1 aromatic heterocycles. The third-order valence-electron chi connectivity index (χ3n) is 1.43. The van der Waals surface area contributed by atoms with Gasteiger partial charge in [-0.2, -0.15) is 0 Å². The first-order chi connectivity index (χ1) is 6.08. The van der Waals surface area contributed by atoms with E-state index < -0.39 is 0 Å². The van der Waals surface area contributed by atoms with Crippen molar-refractivity contribution in [1.82, 2.24) is 14.9 Å². The number of nitrogens with one attached hydrogen (secondary N) is 1. The number of anilines is 1. The van der Waals surface area contributed by atoms with E-state index in [0.29, 0.717) is 5.82 Å².